The second-order valence-electron chi connectivity index (χ2n) is 6.68. The first-order valence-corrected chi connectivity index (χ1v) is 9.15. The van der Waals surface area contributed by atoms with E-state index < -0.39 is 11.6 Å². The predicted molar refractivity (Wildman–Crippen MR) is 109 cm³/mol. The summed E-state index contributed by atoms with van der Waals surface area (Å²) in [5.41, 5.74) is 2.29. The molecule has 4 aromatic rings. The Labute approximate surface area is 170 Å². The zero-order chi connectivity index (χ0) is 21.1. The summed E-state index contributed by atoms with van der Waals surface area (Å²) in [5.74, 6) is -0.749. The smallest absolute Gasteiger partial charge is 0.338 e. The summed E-state index contributed by atoms with van der Waals surface area (Å²) < 4.78 is 15.6. The molecule has 0 fully saturated rings. The quantitative estimate of drug-likeness (QED) is 0.394. The molecule has 0 atom stereocenters. The van der Waals surface area contributed by atoms with Crippen molar-refractivity contribution < 1.29 is 23.2 Å². The van der Waals surface area contributed by atoms with Crippen LogP contribution in [0.1, 0.15) is 32.0 Å². The van der Waals surface area contributed by atoms with Crippen LogP contribution in [0.25, 0.3) is 11.0 Å². The number of anilines is 1. The third-order valence-electron chi connectivity index (χ3n) is 4.47. The van der Waals surface area contributed by atoms with Gasteiger partial charge in [0.2, 0.25) is 0 Å². The minimum atomic E-state index is -0.549. The van der Waals surface area contributed by atoms with Crippen LogP contribution in [0.15, 0.2) is 80.6 Å². The Balaban J connectivity index is 1.44. The Morgan fingerprint density at radius 1 is 1.03 bits per heavy atom. The van der Waals surface area contributed by atoms with Crippen LogP contribution in [0.4, 0.5) is 5.69 Å². The minimum Gasteiger partial charge on any atom is -0.459 e. The molecule has 7 heteroatoms. The Bertz CT molecular complexity index is 1270. The topological polar surface area (TPSA) is 98.7 Å². The number of aryl methyl sites for hydroxylation is 1. The third kappa shape index (κ3) is 4.15. The lowest BCUT2D eigenvalue weighted by molar-refractivity contribution is 0.0474. The third-order valence-corrected chi connectivity index (χ3v) is 4.47. The van der Waals surface area contributed by atoms with E-state index in [2.05, 4.69) is 5.32 Å². The Kier molecular flexibility index (Phi) is 5.17. The van der Waals surface area contributed by atoms with Gasteiger partial charge >= 0.3 is 11.6 Å². The highest BCUT2D eigenvalue weighted by molar-refractivity contribution is 6.02. The molecule has 150 valence electrons. The zero-order valence-electron chi connectivity index (χ0n) is 16.0. The van der Waals surface area contributed by atoms with E-state index >= 15 is 0 Å². The molecule has 0 bridgehead atoms. The van der Waals surface area contributed by atoms with Gasteiger partial charge in [0, 0.05) is 22.7 Å². The average Bonchev–Trinajstić information content (AvgIpc) is 3.27. The molecule has 1 N–H and O–H groups in total. The van der Waals surface area contributed by atoms with Crippen molar-refractivity contribution in [3.8, 4) is 0 Å². The zero-order valence-corrected chi connectivity index (χ0v) is 16.0. The molecular formula is C23H17NO6. The van der Waals surface area contributed by atoms with Crippen LogP contribution >= 0.6 is 0 Å². The van der Waals surface area contributed by atoms with Gasteiger partial charge in [-0.1, -0.05) is 12.1 Å². The number of esters is 1. The maximum absolute atomic E-state index is 12.4. The number of benzene rings is 2. The molecule has 0 unspecified atom stereocenters. The van der Waals surface area contributed by atoms with E-state index in [0.717, 1.165) is 5.56 Å². The number of hydrogen-bond acceptors (Lipinski definition) is 6. The molecule has 0 saturated heterocycles. The van der Waals surface area contributed by atoms with E-state index in [0.29, 0.717) is 27.8 Å². The Morgan fingerprint density at radius 3 is 2.57 bits per heavy atom. The van der Waals surface area contributed by atoms with Crippen LogP contribution in [0, 0.1) is 6.92 Å². The second kappa shape index (κ2) is 8.08. The molecule has 7 nitrogen and oxygen atoms in total. The van der Waals surface area contributed by atoms with Crippen LogP contribution < -0.4 is 10.9 Å². The van der Waals surface area contributed by atoms with Crippen molar-refractivity contribution in [3.63, 3.8) is 0 Å². The van der Waals surface area contributed by atoms with Gasteiger partial charge in [-0.05, 0) is 55.0 Å². The fourth-order valence-corrected chi connectivity index (χ4v) is 2.97. The highest BCUT2D eigenvalue weighted by Crippen LogP contribution is 2.20. The first kappa shape index (κ1) is 19.2. The average molecular weight is 403 g/mol. The number of carbonyl (C=O) groups excluding carboxylic acids is 2. The van der Waals surface area contributed by atoms with Crippen molar-refractivity contribution in [1.82, 2.24) is 0 Å². The summed E-state index contributed by atoms with van der Waals surface area (Å²) in [6.07, 6.45) is 1.41. The molecule has 2 heterocycles. The SMILES string of the molecule is Cc1ccc2c(COC(=O)c3ccc(NC(=O)c4ccco4)cc3)cc(=O)oc2c1. The van der Waals surface area contributed by atoms with Crippen LogP contribution in [0.5, 0.6) is 0 Å². The van der Waals surface area contributed by atoms with Gasteiger partial charge in [0.05, 0.1) is 11.8 Å². The second-order valence-corrected chi connectivity index (χ2v) is 6.68. The van der Waals surface area contributed by atoms with Gasteiger partial charge in [0.1, 0.15) is 12.2 Å². The minimum absolute atomic E-state index is 0.0685. The van der Waals surface area contributed by atoms with E-state index in [1.165, 1.54) is 12.3 Å². The highest BCUT2D eigenvalue weighted by atomic mass is 16.5. The highest BCUT2D eigenvalue weighted by Gasteiger charge is 2.12. The van der Waals surface area contributed by atoms with E-state index in [-0.39, 0.29) is 18.3 Å². The molecule has 1 amide bonds. The number of hydrogen-bond donors (Lipinski definition) is 1. The molecule has 0 aliphatic carbocycles. The number of fused-ring (bicyclic) bond motifs is 1. The van der Waals surface area contributed by atoms with Crippen LogP contribution in [-0.4, -0.2) is 11.9 Å². The number of rotatable bonds is 5. The first-order chi connectivity index (χ1) is 14.5. The maximum Gasteiger partial charge on any atom is 0.338 e. The lowest BCUT2D eigenvalue weighted by Crippen LogP contribution is -2.11. The van der Waals surface area contributed by atoms with E-state index in [1.54, 1.807) is 42.5 Å². The number of amides is 1. The molecule has 0 aliphatic heterocycles. The van der Waals surface area contributed by atoms with E-state index in [4.69, 9.17) is 13.6 Å². The van der Waals surface area contributed by atoms with E-state index in [9.17, 15) is 14.4 Å². The van der Waals surface area contributed by atoms with Crippen molar-refractivity contribution >= 4 is 28.5 Å². The number of nitrogens with one attached hydrogen (secondary N) is 1. The van der Waals surface area contributed by atoms with E-state index in [1.807, 2.05) is 19.1 Å². The Morgan fingerprint density at radius 2 is 1.83 bits per heavy atom. The number of ether oxygens (including phenoxy) is 1. The van der Waals surface area contributed by atoms with Gasteiger partial charge in [-0.25, -0.2) is 9.59 Å². The van der Waals surface area contributed by atoms with Gasteiger partial charge in [-0.2, -0.15) is 0 Å². The summed E-state index contributed by atoms with van der Waals surface area (Å²) in [7, 11) is 0. The monoisotopic (exact) mass is 403 g/mol. The summed E-state index contributed by atoms with van der Waals surface area (Å²) in [5, 5.41) is 3.38. The van der Waals surface area contributed by atoms with Crippen molar-refractivity contribution in [2.24, 2.45) is 0 Å². The lowest BCUT2D eigenvalue weighted by Gasteiger charge is -2.08. The van der Waals surface area contributed by atoms with Crippen molar-refractivity contribution in [2.75, 3.05) is 5.32 Å². The molecule has 4 rings (SSSR count). The van der Waals surface area contributed by atoms with Gasteiger partial charge in [0.25, 0.3) is 5.91 Å². The molecule has 0 saturated carbocycles. The van der Waals surface area contributed by atoms with Crippen LogP contribution in [-0.2, 0) is 11.3 Å². The van der Waals surface area contributed by atoms with Crippen molar-refractivity contribution in [3.05, 3.63) is 99.8 Å². The fraction of sp³-hybridized carbons (Fsp3) is 0.0870. The molecule has 2 aromatic carbocycles. The lowest BCUT2D eigenvalue weighted by atomic mass is 10.1. The molecule has 0 radical (unpaired) electrons. The predicted octanol–water partition coefficient (Wildman–Crippen LogP) is 4.30. The van der Waals surface area contributed by atoms with Crippen molar-refractivity contribution in [1.29, 1.82) is 0 Å². The maximum atomic E-state index is 12.4. The van der Waals surface area contributed by atoms with Crippen molar-refractivity contribution in [2.45, 2.75) is 13.5 Å². The fourth-order valence-electron chi connectivity index (χ4n) is 2.97. The molecule has 0 aliphatic rings. The summed E-state index contributed by atoms with van der Waals surface area (Å²) >= 11 is 0. The first-order valence-electron chi connectivity index (χ1n) is 9.15. The summed E-state index contributed by atoms with van der Waals surface area (Å²) in [6, 6.07) is 16.2. The van der Waals surface area contributed by atoms with Gasteiger partial charge < -0.3 is 18.9 Å². The standard InChI is InChI=1S/C23H17NO6/c1-14-4-9-18-16(12-21(25)30-20(18)11-14)13-29-23(27)15-5-7-17(8-6-15)24-22(26)19-3-2-10-28-19/h2-12H,13H2,1H3,(H,24,26). The number of furan rings is 1. The summed E-state index contributed by atoms with van der Waals surface area (Å²) in [6.45, 7) is 1.83. The number of carbonyl (C=O) groups is 2. The van der Waals surface area contributed by atoms with Gasteiger partial charge in [-0.3, -0.25) is 4.79 Å². The van der Waals surface area contributed by atoms with Crippen LogP contribution in [0.2, 0.25) is 0 Å². The molecule has 30 heavy (non-hydrogen) atoms. The molecular weight excluding hydrogens is 386 g/mol. The van der Waals surface area contributed by atoms with Crippen LogP contribution in [0.3, 0.4) is 0 Å². The van der Waals surface area contributed by atoms with Gasteiger partial charge in [-0.15, -0.1) is 0 Å². The van der Waals surface area contributed by atoms with Gasteiger partial charge in [0.15, 0.2) is 5.76 Å². The molecule has 2 aromatic heterocycles. The molecule has 0 spiro atoms. The normalized spacial score (nSPS) is 10.7. The Hall–Kier alpha value is -4.13. The largest absolute Gasteiger partial charge is 0.459 e. The summed E-state index contributed by atoms with van der Waals surface area (Å²) in [4.78, 5) is 36.2.